The highest BCUT2D eigenvalue weighted by Gasteiger charge is 2.27. The number of ether oxygens (including phenoxy) is 2. The third-order valence-electron chi connectivity index (χ3n) is 4.44. The number of nitrogens with zero attached hydrogens (tertiary/aromatic N) is 1. The smallest absolute Gasteiger partial charge is 0.315 e. The van der Waals surface area contributed by atoms with Gasteiger partial charge in [-0.2, -0.15) is 0 Å². The zero-order valence-corrected chi connectivity index (χ0v) is 15.0. The van der Waals surface area contributed by atoms with E-state index in [1.807, 2.05) is 42.6 Å². The van der Waals surface area contributed by atoms with E-state index in [2.05, 4.69) is 16.7 Å². The predicted molar refractivity (Wildman–Crippen MR) is 100 cm³/mol. The summed E-state index contributed by atoms with van der Waals surface area (Å²) in [5.74, 6) is -0.502. The standard InChI is InChI=1S/C21H23NO4/c1-3-26-21(24)17(14-23)16-13-22(12-15-8-5-4-6-9-15)18-10-7-11-19(25-2)20(16)18/h4-11,13,17,23H,3,12,14H2,1-2H3. The summed E-state index contributed by atoms with van der Waals surface area (Å²) in [6.45, 7) is 2.37. The second kappa shape index (κ2) is 8.06. The van der Waals surface area contributed by atoms with Gasteiger partial charge in [-0.3, -0.25) is 4.79 Å². The largest absolute Gasteiger partial charge is 0.496 e. The Kier molecular flexibility index (Phi) is 5.58. The van der Waals surface area contributed by atoms with Gasteiger partial charge in [0.2, 0.25) is 0 Å². The molecule has 0 amide bonds. The molecule has 1 N–H and O–H groups in total. The number of methoxy groups -OCH3 is 1. The fourth-order valence-corrected chi connectivity index (χ4v) is 3.24. The van der Waals surface area contributed by atoms with Gasteiger partial charge < -0.3 is 19.1 Å². The number of hydrogen-bond donors (Lipinski definition) is 1. The van der Waals surface area contributed by atoms with E-state index in [4.69, 9.17) is 9.47 Å². The van der Waals surface area contributed by atoms with Crippen molar-refractivity contribution in [2.45, 2.75) is 19.4 Å². The molecule has 0 aliphatic rings. The topological polar surface area (TPSA) is 60.7 Å². The Labute approximate surface area is 152 Å². The summed E-state index contributed by atoms with van der Waals surface area (Å²) in [4.78, 5) is 12.4. The number of aromatic nitrogens is 1. The first kappa shape index (κ1) is 18.0. The Bertz CT molecular complexity index is 886. The Balaban J connectivity index is 2.14. The average molecular weight is 353 g/mol. The molecule has 0 radical (unpaired) electrons. The van der Waals surface area contributed by atoms with E-state index in [1.54, 1.807) is 14.0 Å². The summed E-state index contributed by atoms with van der Waals surface area (Å²) >= 11 is 0. The zero-order valence-electron chi connectivity index (χ0n) is 15.0. The Morgan fingerprint density at radius 1 is 1.15 bits per heavy atom. The van der Waals surface area contributed by atoms with Gasteiger partial charge in [0.05, 0.1) is 25.8 Å². The van der Waals surface area contributed by atoms with Gasteiger partial charge in [-0.15, -0.1) is 0 Å². The Hall–Kier alpha value is -2.79. The number of carbonyl (C=O) groups is 1. The van der Waals surface area contributed by atoms with Crippen LogP contribution in [0.3, 0.4) is 0 Å². The molecule has 0 aliphatic heterocycles. The van der Waals surface area contributed by atoms with Crippen molar-refractivity contribution in [1.29, 1.82) is 0 Å². The van der Waals surface area contributed by atoms with Gasteiger partial charge in [0.1, 0.15) is 11.7 Å². The van der Waals surface area contributed by atoms with Crippen molar-refractivity contribution in [3.05, 3.63) is 65.9 Å². The third kappa shape index (κ3) is 3.44. The van der Waals surface area contributed by atoms with Crippen LogP contribution < -0.4 is 4.74 Å². The maximum absolute atomic E-state index is 12.4. The molecule has 0 saturated carbocycles. The summed E-state index contributed by atoms with van der Waals surface area (Å²) in [5.41, 5.74) is 2.82. The highest BCUT2D eigenvalue weighted by molar-refractivity contribution is 5.94. The van der Waals surface area contributed by atoms with Crippen molar-refractivity contribution in [3.8, 4) is 5.75 Å². The van der Waals surface area contributed by atoms with Gasteiger partial charge in [-0.25, -0.2) is 0 Å². The number of esters is 1. The lowest BCUT2D eigenvalue weighted by Gasteiger charge is -2.13. The van der Waals surface area contributed by atoms with Crippen molar-refractivity contribution in [2.75, 3.05) is 20.3 Å². The lowest BCUT2D eigenvalue weighted by molar-refractivity contribution is -0.145. The van der Waals surface area contributed by atoms with Crippen LogP contribution in [-0.4, -0.2) is 36.0 Å². The SMILES string of the molecule is CCOC(=O)C(CO)c1cn(Cc2ccccc2)c2cccc(OC)c12. The quantitative estimate of drug-likeness (QED) is 0.662. The molecule has 0 bridgehead atoms. The first-order valence-corrected chi connectivity index (χ1v) is 8.66. The summed E-state index contributed by atoms with van der Waals surface area (Å²) in [6, 6.07) is 15.9. The predicted octanol–water partition coefficient (Wildman–Crippen LogP) is 3.34. The number of aliphatic hydroxyl groups excluding tert-OH is 1. The molecule has 1 atom stereocenters. The highest BCUT2D eigenvalue weighted by Crippen LogP contribution is 2.35. The van der Waals surface area contributed by atoms with Gasteiger partial charge >= 0.3 is 5.97 Å². The van der Waals surface area contributed by atoms with Gasteiger partial charge in [-0.1, -0.05) is 36.4 Å². The second-order valence-electron chi connectivity index (χ2n) is 6.04. The van der Waals surface area contributed by atoms with E-state index >= 15 is 0 Å². The summed E-state index contributed by atoms with van der Waals surface area (Å²) in [6.07, 6.45) is 1.91. The van der Waals surface area contributed by atoms with Crippen molar-refractivity contribution in [2.24, 2.45) is 0 Å². The molecule has 1 unspecified atom stereocenters. The number of hydrogen-bond acceptors (Lipinski definition) is 4. The first-order valence-electron chi connectivity index (χ1n) is 8.66. The Morgan fingerprint density at radius 2 is 1.92 bits per heavy atom. The van der Waals surface area contributed by atoms with Crippen LogP contribution in [0.5, 0.6) is 5.75 Å². The molecule has 3 aromatic rings. The van der Waals surface area contributed by atoms with Gasteiger partial charge in [0.25, 0.3) is 0 Å². The fraction of sp³-hybridized carbons (Fsp3) is 0.286. The number of fused-ring (bicyclic) bond motifs is 1. The fourth-order valence-electron chi connectivity index (χ4n) is 3.24. The zero-order chi connectivity index (χ0) is 18.5. The maximum atomic E-state index is 12.4. The van der Waals surface area contributed by atoms with Gasteiger partial charge in [0, 0.05) is 18.1 Å². The van der Waals surface area contributed by atoms with Crippen molar-refractivity contribution < 1.29 is 19.4 Å². The van der Waals surface area contributed by atoms with E-state index in [0.717, 1.165) is 16.5 Å². The molecule has 0 saturated heterocycles. The monoisotopic (exact) mass is 353 g/mol. The second-order valence-corrected chi connectivity index (χ2v) is 6.04. The molecule has 2 aromatic carbocycles. The molecule has 26 heavy (non-hydrogen) atoms. The summed E-state index contributed by atoms with van der Waals surface area (Å²) < 4.78 is 12.7. The summed E-state index contributed by atoms with van der Waals surface area (Å²) in [7, 11) is 1.60. The maximum Gasteiger partial charge on any atom is 0.315 e. The normalized spacial score (nSPS) is 12.1. The van der Waals surface area contributed by atoms with E-state index in [0.29, 0.717) is 17.9 Å². The van der Waals surface area contributed by atoms with Crippen LogP contribution in [0, 0.1) is 0 Å². The van der Waals surface area contributed by atoms with Crippen molar-refractivity contribution in [3.63, 3.8) is 0 Å². The minimum Gasteiger partial charge on any atom is -0.496 e. The molecule has 5 heteroatoms. The molecule has 5 nitrogen and oxygen atoms in total. The van der Waals surface area contributed by atoms with Crippen LogP contribution >= 0.6 is 0 Å². The van der Waals surface area contributed by atoms with E-state index < -0.39 is 11.9 Å². The molecule has 0 aliphatic carbocycles. The van der Waals surface area contributed by atoms with Crippen LogP contribution in [0.4, 0.5) is 0 Å². The van der Waals surface area contributed by atoms with Crippen molar-refractivity contribution >= 4 is 16.9 Å². The first-order chi connectivity index (χ1) is 12.7. The molecule has 0 spiro atoms. The van der Waals surface area contributed by atoms with Crippen LogP contribution in [0.2, 0.25) is 0 Å². The Morgan fingerprint density at radius 3 is 2.58 bits per heavy atom. The van der Waals surface area contributed by atoms with Gasteiger partial charge in [-0.05, 0) is 30.2 Å². The molecular formula is C21H23NO4. The van der Waals surface area contributed by atoms with Crippen LogP contribution in [0.25, 0.3) is 10.9 Å². The molecular weight excluding hydrogens is 330 g/mol. The highest BCUT2D eigenvalue weighted by atomic mass is 16.5. The number of rotatable bonds is 7. The van der Waals surface area contributed by atoms with Crippen LogP contribution in [-0.2, 0) is 16.1 Å². The van der Waals surface area contributed by atoms with E-state index in [9.17, 15) is 9.90 Å². The molecule has 1 heterocycles. The average Bonchev–Trinajstić information content (AvgIpc) is 3.02. The van der Waals surface area contributed by atoms with E-state index in [-0.39, 0.29) is 13.2 Å². The minimum atomic E-state index is -0.745. The van der Waals surface area contributed by atoms with Crippen molar-refractivity contribution in [1.82, 2.24) is 4.57 Å². The molecule has 0 fully saturated rings. The summed E-state index contributed by atoms with van der Waals surface area (Å²) in [5, 5.41) is 10.7. The van der Waals surface area contributed by atoms with Crippen LogP contribution in [0.15, 0.2) is 54.7 Å². The van der Waals surface area contributed by atoms with E-state index in [1.165, 1.54) is 0 Å². The third-order valence-corrected chi connectivity index (χ3v) is 4.44. The molecule has 1 aromatic heterocycles. The molecule has 3 rings (SSSR count). The molecule has 136 valence electrons. The lowest BCUT2D eigenvalue weighted by atomic mass is 9.99. The number of aliphatic hydroxyl groups is 1. The van der Waals surface area contributed by atoms with Crippen LogP contribution in [0.1, 0.15) is 24.0 Å². The minimum absolute atomic E-state index is 0.273. The lowest BCUT2D eigenvalue weighted by Crippen LogP contribution is -2.19. The number of benzene rings is 2. The van der Waals surface area contributed by atoms with Gasteiger partial charge in [0.15, 0.2) is 0 Å². The number of carbonyl (C=O) groups excluding carboxylic acids is 1.